The van der Waals surface area contributed by atoms with Crippen molar-refractivity contribution in [3.8, 4) is 0 Å². The van der Waals surface area contributed by atoms with E-state index in [9.17, 15) is 0 Å². The second kappa shape index (κ2) is 6.95. The third kappa shape index (κ3) is 3.30. The fourth-order valence-corrected chi connectivity index (χ4v) is 2.35. The van der Waals surface area contributed by atoms with E-state index in [1.165, 1.54) is 28.8 Å². The van der Waals surface area contributed by atoms with Gasteiger partial charge in [0.05, 0.1) is 0 Å². The van der Waals surface area contributed by atoms with Crippen LogP contribution in [0.5, 0.6) is 0 Å². The first-order valence-electron chi connectivity index (χ1n) is 7.35. The molecule has 1 heteroatoms. The normalized spacial score (nSPS) is 12.9. The molecule has 0 spiro atoms. The third-order valence-electron chi connectivity index (χ3n) is 3.44. The Morgan fingerprint density at radius 2 is 1.90 bits per heavy atom. The fraction of sp³-hybridized carbons (Fsp3) is 0.263. The average Bonchev–Trinajstić information content (AvgIpc) is 2.46. The van der Waals surface area contributed by atoms with E-state index in [0.717, 1.165) is 17.5 Å². The maximum absolute atomic E-state index is 4.21. The van der Waals surface area contributed by atoms with Crippen LogP contribution in [0.1, 0.15) is 26.7 Å². The topological polar surface area (TPSA) is 12.0 Å². The van der Waals surface area contributed by atoms with Crippen molar-refractivity contribution in [1.29, 1.82) is 0 Å². The number of rotatable bonds is 5. The first kappa shape index (κ1) is 14.4. The minimum atomic E-state index is 1.00. The Hall–Kier alpha value is -2.02. The van der Waals surface area contributed by atoms with Gasteiger partial charge in [0.25, 0.3) is 0 Å². The Balaban J connectivity index is 2.57. The largest absolute Gasteiger partial charge is 0.385 e. The van der Waals surface area contributed by atoms with Gasteiger partial charge in [-0.3, -0.25) is 0 Å². The van der Waals surface area contributed by atoms with Crippen LogP contribution in [-0.4, -0.2) is 6.54 Å². The highest BCUT2D eigenvalue weighted by Gasteiger charge is 1.98. The molecule has 104 valence electrons. The van der Waals surface area contributed by atoms with Crippen molar-refractivity contribution in [2.24, 2.45) is 0 Å². The maximum atomic E-state index is 4.21. The number of fused-ring (bicyclic) bond motifs is 1. The molecule has 0 aliphatic heterocycles. The van der Waals surface area contributed by atoms with Gasteiger partial charge in [0.15, 0.2) is 0 Å². The zero-order valence-electron chi connectivity index (χ0n) is 12.4. The van der Waals surface area contributed by atoms with Crippen LogP contribution < -0.4 is 15.8 Å². The van der Waals surface area contributed by atoms with Crippen LogP contribution >= 0.6 is 0 Å². The molecule has 1 nitrogen and oxygen atoms in total. The van der Waals surface area contributed by atoms with Crippen molar-refractivity contribution >= 4 is 23.0 Å². The Bertz CT molecular complexity index is 710. The summed E-state index contributed by atoms with van der Waals surface area (Å²) in [5.74, 6) is 0. The van der Waals surface area contributed by atoms with Gasteiger partial charge in [0.1, 0.15) is 0 Å². The van der Waals surface area contributed by atoms with E-state index in [1.807, 2.05) is 6.92 Å². The lowest BCUT2D eigenvalue weighted by Gasteiger charge is -2.08. The van der Waals surface area contributed by atoms with Gasteiger partial charge in [-0.15, -0.1) is 0 Å². The van der Waals surface area contributed by atoms with Crippen LogP contribution in [0.4, 0.5) is 0 Å². The Kier molecular flexibility index (Phi) is 5.00. The molecule has 20 heavy (non-hydrogen) atoms. The lowest BCUT2D eigenvalue weighted by Crippen LogP contribution is -2.30. The molecule has 2 aromatic carbocycles. The zero-order valence-corrected chi connectivity index (χ0v) is 12.4. The van der Waals surface area contributed by atoms with Crippen molar-refractivity contribution in [1.82, 2.24) is 5.32 Å². The van der Waals surface area contributed by atoms with Gasteiger partial charge in [0.2, 0.25) is 0 Å². The predicted octanol–water partition coefficient (Wildman–Crippen LogP) is 3.32. The van der Waals surface area contributed by atoms with Crippen LogP contribution in [0.2, 0.25) is 0 Å². The minimum Gasteiger partial charge on any atom is -0.385 e. The summed E-state index contributed by atoms with van der Waals surface area (Å²) in [5.41, 5.74) is 1.16. The minimum absolute atomic E-state index is 1.00. The summed E-state index contributed by atoms with van der Waals surface area (Å²) in [7, 11) is 0. The fourth-order valence-electron chi connectivity index (χ4n) is 2.35. The number of hydrogen-bond donors (Lipinski definition) is 1. The SMILES string of the molecule is C=c1cc2ccccc2c/c1=C(/C=C\C)NCCCC. The molecule has 0 aromatic heterocycles. The molecule has 2 rings (SSSR count). The quantitative estimate of drug-likeness (QED) is 0.818. The zero-order chi connectivity index (χ0) is 14.4. The molecule has 0 saturated carbocycles. The molecule has 0 aliphatic rings. The van der Waals surface area contributed by atoms with Crippen molar-refractivity contribution in [2.75, 3.05) is 6.54 Å². The van der Waals surface area contributed by atoms with Crippen LogP contribution in [0.25, 0.3) is 23.0 Å². The number of allylic oxidation sites excluding steroid dienone is 1. The van der Waals surface area contributed by atoms with E-state index in [1.54, 1.807) is 0 Å². The van der Waals surface area contributed by atoms with Gasteiger partial charge in [-0.2, -0.15) is 0 Å². The first-order chi connectivity index (χ1) is 9.76. The lowest BCUT2D eigenvalue weighted by atomic mass is 10.1. The lowest BCUT2D eigenvalue weighted by molar-refractivity contribution is 0.744. The molecule has 0 aliphatic carbocycles. The predicted molar refractivity (Wildman–Crippen MR) is 89.9 cm³/mol. The van der Waals surface area contributed by atoms with Crippen molar-refractivity contribution in [2.45, 2.75) is 26.7 Å². The summed E-state index contributed by atoms with van der Waals surface area (Å²) in [6, 6.07) is 12.8. The van der Waals surface area contributed by atoms with E-state index < -0.39 is 0 Å². The molecule has 0 saturated heterocycles. The second-order valence-corrected chi connectivity index (χ2v) is 5.05. The monoisotopic (exact) mass is 265 g/mol. The Labute approximate surface area is 121 Å². The Morgan fingerprint density at radius 1 is 1.20 bits per heavy atom. The summed E-state index contributed by atoms with van der Waals surface area (Å²) < 4.78 is 0. The van der Waals surface area contributed by atoms with Gasteiger partial charge >= 0.3 is 0 Å². The van der Waals surface area contributed by atoms with Crippen LogP contribution in [0, 0.1) is 0 Å². The molecule has 0 atom stereocenters. The van der Waals surface area contributed by atoms with Gasteiger partial charge in [-0.1, -0.05) is 50.3 Å². The van der Waals surface area contributed by atoms with Gasteiger partial charge in [0, 0.05) is 17.5 Å². The number of hydrogen-bond acceptors (Lipinski definition) is 1. The smallest absolute Gasteiger partial charge is 0.0416 e. The van der Waals surface area contributed by atoms with Crippen LogP contribution in [0.15, 0.2) is 48.6 Å². The standard InChI is InChI=1S/C19H23N/c1-4-6-12-20-19(9-5-2)18-14-17-11-8-7-10-16(17)13-15(18)3/h5,7-11,13-14,20H,3-4,6,12H2,1-2H3/b9-5-,19-18+. The van der Waals surface area contributed by atoms with Gasteiger partial charge < -0.3 is 5.32 Å². The van der Waals surface area contributed by atoms with E-state index in [-0.39, 0.29) is 0 Å². The van der Waals surface area contributed by atoms with Gasteiger partial charge in [-0.25, -0.2) is 0 Å². The van der Waals surface area contributed by atoms with E-state index in [2.05, 4.69) is 67.4 Å². The molecule has 0 amide bonds. The second-order valence-electron chi connectivity index (χ2n) is 5.05. The highest BCUT2D eigenvalue weighted by Crippen LogP contribution is 2.08. The summed E-state index contributed by atoms with van der Waals surface area (Å²) in [5, 5.41) is 8.30. The molecular weight excluding hydrogens is 242 g/mol. The summed E-state index contributed by atoms with van der Waals surface area (Å²) in [6.07, 6.45) is 6.59. The number of unbranched alkanes of at least 4 members (excludes halogenated alkanes) is 1. The van der Waals surface area contributed by atoms with E-state index in [4.69, 9.17) is 0 Å². The summed E-state index contributed by atoms with van der Waals surface area (Å²) in [6.45, 7) is 9.46. The average molecular weight is 265 g/mol. The van der Waals surface area contributed by atoms with Crippen LogP contribution in [0.3, 0.4) is 0 Å². The summed E-state index contributed by atoms with van der Waals surface area (Å²) in [4.78, 5) is 0. The molecule has 2 aromatic rings. The molecule has 0 bridgehead atoms. The molecular formula is C19H23N. The van der Waals surface area contributed by atoms with Gasteiger partial charge in [-0.05, 0) is 47.5 Å². The molecule has 0 heterocycles. The Morgan fingerprint density at radius 3 is 2.55 bits per heavy atom. The highest BCUT2D eigenvalue weighted by molar-refractivity contribution is 5.83. The molecule has 0 unspecified atom stereocenters. The van der Waals surface area contributed by atoms with Crippen LogP contribution in [-0.2, 0) is 0 Å². The highest BCUT2D eigenvalue weighted by atomic mass is 14.9. The summed E-state index contributed by atoms with van der Waals surface area (Å²) >= 11 is 0. The number of benzene rings is 2. The molecule has 1 N–H and O–H groups in total. The first-order valence-corrected chi connectivity index (χ1v) is 7.35. The van der Waals surface area contributed by atoms with E-state index >= 15 is 0 Å². The maximum Gasteiger partial charge on any atom is 0.0416 e. The van der Waals surface area contributed by atoms with Crippen molar-refractivity contribution in [3.63, 3.8) is 0 Å². The number of nitrogens with one attached hydrogen (secondary N) is 1. The third-order valence-corrected chi connectivity index (χ3v) is 3.44. The van der Waals surface area contributed by atoms with E-state index in [0.29, 0.717) is 0 Å². The molecule has 0 fully saturated rings. The van der Waals surface area contributed by atoms with Crippen molar-refractivity contribution < 1.29 is 0 Å². The van der Waals surface area contributed by atoms with Crippen molar-refractivity contribution in [3.05, 3.63) is 59.0 Å². The molecule has 0 radical (unpaired) electrons.